The molecule has 0 radical (unpaired) electrons. The summed E-state index contributed by atoms with van der Waals surface area (Å²) < 4.78 is 9.78. The summed E-state index contributed by atoms with van der Waals surface area (Å²) >= 11 is 0. The van der Waals surface area contributed by atoms with Gasteiger partial charge in [0.05, 0.1) is 18.3 Å². The van der Waals surface area contributed by atoms with E-state index in [2.05, 4.69) is 34.6 Å². The fraction of sp³-hybridized carbons (Fsp3) is 0.632. The molecule has 2 aromatic heterocycles. The summed E-state index contributed by atoms with van der Waals surface area (Å²) in [5.41, 5.74) is 1.01. The number of aryl methyl sites for hydroxylation is 1. The zero-order valence-corrected chi connectivity index (χ0v) is 16.1. The van der Waals surface area contributed by atoms with Gasteiger partial charge in [0.2, 0.25) is 0 Å². The van der Waals surface area contributed by atoms with Crippen LogP contribution in [0.25, 0.3) is 0 Å². The van der Waals surface area contributed by atoms with E-state index in [-0.39, 0.29) is 24.2 Å². The molecule has 8 heteroatoms. The molecule has 8 nitrogen and oxygen atoms in total. The minimum atomic E-state index is -0.161. The topological polar surface area (TPSA) is 86.0 Å². The van der Waals surface area contributed by atoms with Crippen molar-refractivity contribution in [3.05, 3.63) is 36.2 Å². The van der Waals surface area contributed by atoms with E-state index < -0.39 is 0 Å². The molecule has 146 valence electrons. The summed E-state index contributed by atoms with van der Waals surface area (Å²) in [6.07, 6.45) is 10.4. The third-order valence-electron chi connectivity index (χ3n) is 5.40. The molecule has 0 spiro atoms. The van der Waals surface area contributed by atoms with Crippen LogP contribution >= 0.6 is 0 Å². The Morgan fingerprint density at radius 2 is 2.15 bits per heavy atom. The molecule has 4 rings (SSSR count). The third kappa shape index (κ3) is 3.85. The first kappa shape index (κ1) is 18.0. The molecule has 27 heavy (non-hydrogen) atoms. The van der Waals surface area contributed by atoms with E-state index in [0.717, 1.165) is 30.7 Å². The van der Waals surface area contributed by atoms with Crippen molar-refractivity contribution in [1.82, 2.24) is 30.0 Å². The lowest BCUT2D eigenvalue weighted by Gasteiger charge is -2.22. The van der Waals surface area contributed by atoms with Gasteiger partial charge in [-0.2, -0.15) is 5.10 Å². The van der Waals surface area contributed by atoms with Gasteiger partial charge in [0.1, 0.15) is 11.9 Å². The number of imidazole rings is 1. The van der Waals surface area contributed by atoms with Crippen molar-refractivity contribution in [3.8, 4) is 0 Å². The number of hydrogen-bond donors (Lipinski definition) is 2. The summed E-state index contributed by atoms with van der Waals surface area (Å²) in [4.78, 5) is 17.1. The number of aromatic nitrogens is 4. The largest absolute Gasteiger partial charge is 0.371 e. The van der Waals surface area contributed by atoms with Gasteiger partial charge in [-0.3, -0.25) is 4.68 Å². The highest BCUT2D eigenvalue weighted by Gasteiger charge is 2.37. The molecule has 1 saturated heterocycles. The number of urea groups is 1. The van der Waals surface area contributed by atoms with Crippen LogP contribution in [0.1, 0.15) is 62.7 Å². The first-order valence-corrected chi connectivity index (χ1v) is 9.73. The zero-order chi connectivity index (χ0) is 19.0. The number of carbonyl (C=O) groups is 1. The SMILES string of the molecule is CC(C)n1cc([C@@H]2OCC[C@H]2NC(=O)NC(c2nccn2C)C2CC2)cn1. The smallest absolute Gasteiger partial charge is 0.315 e. The number of carbonyl (C=O) groups excluding carboxylic acids is 1. The van der Waals surface area contributed by atoms with Gasteiger partial charge >= 0.3 is 6.03 Å². The molecule has 1 unspecified atom stereocenters. The number of nitrogens with one attached hydrogen (secondary N) is 2. The van der Waals surface area contributed by atoms with Gasteiger partial charge in [0.25, 0.3) is 0 Å². The van der Waals surface area contributed by atoms with Crippen LogP contribution in [-0.2, 0) is 11.8 Å². The number of hydrogen-bond acceptors (Lipinski definition) is 4. The number of ether oxygens (including phenoxy) is 1. The second-order valence-corrected chi connectivity index (χ2v) is 7.86. The predicted octanol–water partition coefficient (Wildman–Crippen LogP) is 2.48. The van der Waals surface area contributed by atoms with Crippen LogP contribution in [0.2, 0.25) is 0 Å². The molecule has 0 aromatic carbocycles. The Morgan fingerprint density at radius 3 is 2.78 bits per heavy atom. The molecule has 1 saturated carbocycles. The van der Waals surface area contributed by atoms with Crippen molar-refractivity contribution in [1.29, 1.82) is 0 Å². The van der Waals surface area contributed by atoms with E-state index >= 15 is 0 Å². The van der Waals surface area contributed by atoms with Gasteiger partial charge in [-0.15, -0.1) is 0 Å². The number of amides is 2. The Balaban J connectivity index is 1.41. The van der Waals surface area contributed by atoms with E-state index in [0.29, 0.717) is 18.6 Å². The summed E-state index contributed by atoms with van der Waals surface area (Å²) in [6, 6.07) is 0.0316. The normalized spacial score (nSPS) is 23.6. The fourth-order valence-electron chi connectivity index (χ4n) is 3.70. The van der Waals surface area contributed by atoms with Crippen molar-refractivity contribution >= 4 is 6.03 Å². The molecule has 2 amide bonds. The highest BCUT2D eigenvalue weighted by atomic mass is 16.5. The van der Waals surface area contributed by atoms with Crippen LogP contribution in [0.4, 0.5) is 4.79 Å². The van der Waals surface area contributed by atoms with Crippen molar-refractivity contribution < 1.29 is 9.53 Å². The number of rotatable bonds is 6. The van der Waals surface area contributed by atoms with Crippen LogP contribution < -0.4 is 10.6 Å². The first-order chi connectivity index (χ1) is 13.0. The number of nitrogens with zero attached hydrogens (tertiary/aromatic N) is 4. The maximum Gasteiger partial charge on any atom is 0.315 e. The quantitative estimate of drug-likeness (QED) is 0.816. The molecule has 0 bridgehead atoms. The standard InChI is InChI=1S/C19H28N6O2/c1-12(2)25-11-14(10-21-25)17-15(6-9-27-17)22-19(26)23-16(13-4-5-13)18-20-7-8-24(18)3/h7-8,10-13,15-17H,4-6,9H2,1-3H3,(H2,22,23,26)/t15-,16?,17+/m1/s1. The maximum absolute atomic E-state index is 12.7. The molecule has 2 N–H and O–H groups in total. The van der Waals surface area contributed by atoms with Gasteiger partial charge in [-0.1, -0.05) is 0 Å². The van der Waals surface area contributed by atoms with Crippen LogP contribution in [-0.4, -0.2) is 38.0 Å². The minimum Gasteiger partial charge on any atom is -0.371 e. The molecule has 1 aliphatic heterocycles. The lowest BCUT2D eigenvalue weighted by Crippen LogP contribution is -2.45. The van der Waals surface area contributed by atoms with Crippen LogP contribution in [0.3, 0.4) is 0 Å². The lowest BCUT2D eigenvalue weighted by atomic mass is 10.1. The Labute approximate surface area is 159 Å². The molecular weight excluding hydrogens is 344 g/mol. The van der Waals surface area contributed by atoms with Gasteiger partial charge in [0, 0.05) is 43.9 Å². The molecule has 3 atom stereocenters. The van der Waals surface area contributed by atoms with Gasteiger partial charge in [-0.05, 0) is 39.0 Å². The second-order valence-electron chi connectivity index (χ2n) is 7.86. The van der Waals surface area contributed by atoms with E-state index in [1.54, 1.807) is 6.20 Å². The third-order valence-corrected chi connectivity index (χ3v) is 5.40. The summed E-state index contributed by atoms with van der Waals surface area (Å²) in [5, 5.41) is 10.6. The Hall–Kier alpha value is -2.35. The lowest BCUT2D eigenvalue weighted by molar-refractivity contribution is 0.0996. The van der Waals surface area contributed by atoms with Crippen LogP contribution in [0.15, 0.2) is 24.8 Å². The predicted molar refractivity (Wildman–Crippen MR) is 100 cm³/mol. The highest BCUT2D eigenvalue weighted by molar-refractivity contribution is 5.75. The average molecular weight is 372 g/mol. The maximum atomic E-state index is 12.7. The zero-order valence-electron chi connectivity index (χ0n) is 16.1. The molecule has 2 aliphatic rings. The highest BCUT2D eigenvalue weighted by Crippen LogP contribution is 2.40. The van der Waals surface area contributed by atoms with Crippen molar-refractivity contribution in [2.75, 3.05) is 6.61 Å². The van der Waals surface area contributed by atoms with Crippen molar-refractivity contribution in [3.63, 3.8) is 0 Å². The monoisotopic (exact) mass is 372 g/mol. The van der Waals surface area contributed by atoms with E-state index in [1.165, 1.54) is 0 Å². The molecule has 1 aliphatic carbocycles. The fourth-order valence-corrected chi connectivity index (χ4v) is 3.70. The summed E-state index contributed by atoms with van der Waals surface area (Å²) in [7, 11) is 1.96. The molecule has 2 fully saturated rings. The summed E-state index contributed by atoms with van der Waals surface area (Å²) in [6.45, 7) is 4.81. The Bertz CT molecular complexity index is 794. The molecule has 2 aromatic rings. The molecule has 3 heterocycles. The Morgan fingerprint density at radius 1 is 1.33 bits per heavy atom. The van der Waals surface area contributed by atoms with Crippen LogP contribution in [0.5, 0.6) is 0 Å². The van der Waals surface area contributed by atoms with Crippen molar-refractivity contribution in [2.45, 2.75) is 57.3 Å². The van der Waals surface area contributed by atoms with Gasteiger partial charge < -0.3 is 19.9 Å². The van der Waals surface area contributed by atoms with E-state index in [4.69, 9.17) is 4.74 Å². The van der Waals surface area contributed by atoms with Gasteiger partial charge in [0.15, 0.2) is 0 Å². The van der Waals surface area contributed by atoms with Crippen molar-refractivity contribution in [2.24, 2.45) is 13.0 Å². The average Bonchev–Trinajstić information content (AvgIpc) is 3.00. The van der Waals surface area contributed by atoms with E-state index in [1.807, 2.05) is 34.9 Å². The van der Waals surface area contributed by atoms with Crippen LogP contribution in [0, 0.1) is 5.92 Å². The molecular formula is C19H28N6O2. The van der Waals surface area contributed by atoms with Gasteiger partial charge in [-0.25, -0.2) is 9.78 Å². The second kappa shape index (κ2) is 7.34. The summed E-state index contributed by atoms with van der Waals surface area (Å²) in [5.74, 6) is 1.38. The first-order valence-electron chi connectivity index (χ1n) is 9.73. The minimum absolute atomic E-state index is 0.0468. The Kier molecular flexibility index (Phi) is 4.90. The van der Waals surface area contributed by atoms with E-state index in [9.17, 15) is 4.79 Å².